The van der Waals surface area contributed by atoms with E-state index in [2.05, 4.69) is 5.10 Å². The maximum atomic E-state index is 12.5. The van der Waals surface area contributed by atoms with Crippen LogP contribution in [0.15, 0.2) is 0 Å². The molecular weight excluding hydrogens is 310 g/mol. The van der Waals surface area contributed by atoms with Crippen LogP contribution in [0.5, 0.6) is 0 Å². The Bertz CT molecular complexity index is 656. The first-order chi connectivity index (χ1) is 11.3. The lowest BCUT2D eigenvalue weighted by Crippen LogP contribution is -2.36. The van der Waals surface area contributed by atoms with E-state index in [4.69, 9.17) is 9.47 Å². The molecule has 2 aliphatic rings. The Balaban J connectivity index is 1.90. The van der Waals surface area contributed by atoms with Gasteiger partial charge in [-0.05, 0) is 46.0 Å². The smallest absolute Gasteiger partial charge is 0.410 e. The Morgan fingerprint density at radius 2 is 1.92 bits per heavy atom. The minimum Gasteiger partial charge on any atom is -0.464 e. The lowest BCUT2D eigenvalue weighted by molar-refractivity contribution is 0.0236. The number of rotatable bonds is 2. The quantitative estimate of drug-likeness (QED) is 0.777. The number of esters is 1. The molecule has 0 spiro atoms. The number of methoxy groups -OCH3 is 1. The topological polar surface area (TPSA) is 73.7 Å². The van der Waals surface area contributed by atoms with Gasteiger partial charge in [-0.2, -0.15) is 5.10 Å². The lowest BCUT2D eigenvalue weighted by atomic mass is 10.1. The summed E-state index contributed by atoms with van der Waals surface area (Å²) in [5.41, 5.74) is 1.78. The van der Waals surface area contributed by atoms with E-state index in [9.17, 15) is 9.59 Å². The third kappa shape index (κ3) is 3.39. The lowest BCUT2D eigenvalue weighted by Gasteiger charge is -2.26. The minimum absolute atomic E-state index is 0.321. The van der Waals surface area contributed by atoms with Crippen molar-refractivity contribution in [3.63, 3.8) is 0 Å². The first kappa shape index (κ1) is 16.8. The summed E-state index contributed by atoms with van der Waals surface area (Å²) in [5.74, 6) is -0.0530. The third-order valence-electron chi connectivity index (χ3n) is 4.25. The van der Waals surface area contributed by atoms with Crippen LogP contribution in [0.2, 0.25) is 0 Å². The van der Waals surface area contributed by atoms with Crippen molar-refractivity contribution in [1.82, 2.24) is 14.7 Å². The molecule has 2 heterocycles. The summed E-state index contributed by atoms with van der Waals surface area (Å²) in [6, 6.07) is 0. The van der Waals surface area contributed by atoms with Crippen LogP contribution in [0.1, 0.15) is 67.7 Å². The average molecular weight is 335 g/mol. The number of hydrogen-bond acceptors (Lipinski definition) is 5. The van der Waals surface area contributed by atoms with Gasteiger partial charge in [-0.15, -0.1) is 0 Å². The van der Waals surface area contributed by atoms with E-state index in [0.717, 1.165) is 30.5 Å². The molecule has 7 heteroatoms. The molecule has 1 aromatic rings. The largest absolute Gasteiger partial charge is 0.464 e. The molecule has 0 atom stereocenters. The Hall–Kier alpha value is -2.05. The Morgan fingerprint density at radius 1 is 1.21 bits per heavy atom. The van der Waals surface area contributed by atoms with Gasteiger partial charge in [0.15, 0.2) is 5.69 Å². The zero-order valence-corrected chi connectivity index (χ0v) is 14.8. The summed E-state index contributed by atoms with van der Waals surface area (Å²) < 4.78 is 12.3. The molecule has 1 amide bonds. The number of hydrogen-bond donors (Lipinski definition) is 0. The number of nitrogens with zero attached hydrogens (tertiary/aromatic N) is 3. The second-order valence-electron chi connectivity index (χ2n) is 7.45. The van der Waals surface area contributed by atoms with E-state index < -0.39 is 11.6 Å². The minimum atomic E-state index is -0.528. The highest BCUT2D eigenvalue weighted by atomic mass is 16.6. The number of fused-ring (bicyclic) bond motifs is 1. The zero-order chi connectivity index (χ0) is 17.5. The number of amides is 1. The fourth-order valence-corrected chi connectivity index (χ4v) is 3.06. The highest BCUT2D eigenvalue weighted by Crippen LogP contribution is 2.44. The molecule has 1 aliphatic heterocycles. The van der Waals surface area contributed by atoms with Crippen LogP contribution in [0.4, 0.5) is 4.79 Å². The number of ether oxygens (including phenoxy) is 2. The summed E-state index contributed by atoms with van der Waals surface area (Å²) in [6.07, 6.45) is 2.56. The van der Waals surface area contributed by atoms with Crippen molar-refractivity contribution in [3.8, 4) is 0 Å². The van der Waals surface area contributed by atoms with Crippen molar-refractivity contribution < 1.29 is 19.1 Å². The second kappa shape index (κ2) is 6.11. The molecule has 7 nitrogen and oxygen atoms in total. The van der Waals surface area contributed by atoms with E-state index in [1.807, 2.05) is 25.5 Å². The van der Waals surface area contributed by atoms with E-state index in [1.54, 1.807) is 4.90 Å². The molecule has 24 heavy (non-hydrogen) atoms. The zero-order valence-electron chi connectivity index (χ0n) is 14.8. The van der Waals surface area contributed by atoms with Crippen molar-refractivity contribution in [1.29, 1.82) is 0 Å². The van der Waals surface area contributed by atoms with Crippen LogP contribution in [0, 0.1) is 0 Å². The van der Waals surface area contributed by atoms with Crippen molar-refractivity contribution in [3.05, 3.63) is 17.0 Å². The van der Waals surface area contributed by atoms with E-state index in [-0.39, 0.29) is 6.09 Å². The Kier molecular flexibility index (Phi) is 4.27. The number of aromatic nitrogens is 2. The monoisotopic (exact) mass is 335 g/mol. The summed E-state index contributed by atoms with van der Waals surface area (Å²) in [6.45, 7) is 7.31. The van der Waals surface area contributed by atoms with Gasteiger partial charge in [-0.25, -0.2) is 9.59 Å². The average Bonchev–Trinajstić information content (AvgIpc) is 3.30. The molecule has 0 radical (unpaired) electrons. The summed E-state index contributed by atoms with van der Waals surface area (Å²) in [4.78, 5) is 26.2. The molecule has 1 aromatic heterocycles. The molecule has 0 N–H and O–H groups in total. The molecule has 1 saturated carbocycles. The maximum Gasteiger partial charge on any atom is 0.410 e. The number of carbonyl (C=O) groups excluding carboxylic acids is 2. The molecule has 0 bridgehead atoms. The predicted octanol–water partition coefficient (Wildman–Crippen LogP) is 2.69. The molecule has 132 valence electrons. The van der Waals surface area contributed by atoms with E-state index in [0.29, 0.717) is 31.2 Å². The van der Waals surface area contributed by atoms with Crippen molar-refractivity contribution in [2.45, 2.75) is 64.6 Å². The van der Waals surface area contributed by atoms with Gasteiger partial charge >= 0.3 is 12.1 Å². The van der Waals surface area contributed by atoms with Gasteiger partial charge in [0.1, 0.15) is 5.60 Å². The molecule has 1 fully saturated rings. The van der Waals surface area contributed by atoms with Crippen molar-refractivity contribution >= 4 is 12.1 Å². The van der Waals surface area contributed by atoms with Gasteiger partial charge in [-0.1, -0.05) is 0 Å². The second-order valence-corrected chi connectivity index (χ2v) is 7.45. The van der Waals surface area contributed by atoms with Gasteiger partial charge in [0.25, 0.3) is 0 Å². The summed E-state index contributed by atoms with van der Waals surface area (Å²) in [5, 5.41) is 4.47. The molecule has 3 rings (SSSR count). The van der Waals surface area contributed by atoms with Gasteiger partial charge in [-0.3, -0.25) is 4.68 Å². The fraction of sp³-hybridized carbons (Fsp3) is 0.706. The van der Waals surface area contributed by atoms with Crippen molar-refractivity contribution in [2.24, 2.45) is 0 Å². The van der Waals surface area contributed by atoms with Crippen LogP contribution < -0.4 is 0 Å². The van der Waals surface area contributed by atoms with E-state index >= 15 is 0 Å². The fourth-order valence-electron chi connectivity index (χ4n) is 3.06. The summed E-state index contributed by atoms with van der Waals surface area (Å²) >= 11 is 0. The van der Waals surface area contributed by atoms with Gasteiger partial charge < -0.3 is 14.4 Å². The molecule has 0 aromatic carbocycles. The van der Waals surface area contributed by atoms with Crippen molar-refractivity contribution in [2.75, 3.05) is 13.7 Å². The summed E-state index contributed by atoms with van der Waals surface area (Å²) in [7, 11) is 1.37. The van der Waals surface area contributed by atoms with Crippen LogP contribution in [0.25, 0.3) is 0 Å². The van der Waals surface area contributed by atoms with Crippen LogP contribution in [-0.4, -0.2) is 46.0 Å². The maximum absolute atomic E-state index is 12.5. The highest BCUT2D eigenvalue weighted by Gasteiger charge is 2.37. The van der Waals surface area contributed by atoms with Gasteiger partial charge in [0, 0.05) is 18.7 Å². The number of carbonyl (C=O) groups is 2. The Labute approximate surface area is 141 Å². The third-order valence-corrected chi connectivity index (χ3v) is 4.25. The Morgan fingerprint density at radius 3 is 2.50 bits per heavy atom. The molecule has 0 saturated heterocycles. The molecule has 0 unspecified atom stereocenters. The SMILES string of the molecule is COC(=O)c1nn2c(c1C1CC1)CN(C(=O)OC(C)(C)C)CCC2. The molecular formula is C17H25N3O4. The normalized spacial score (nSPS) is 17.9. The first-order valence-corrected chi connectivity index (χ1v) is 8.46. The number of aryl methyl sites for hydroxylation is 1. The van der Waals surface area contributed by atoms with Gasteiger partial charge in [0.05, 0.1) is 19.3 Å². The predicted molar refractivity (Wildman–Crippen MR) is 86.8 cm³/mol. The van der Waals surface area contributed by atoms with Crippen LogP contribution in [-0.2, 0) is 22.6 Å². The first-order valence-electron chi connectivity index (χ1n) is 8.46. The van der Waals surface area contributed by atoms with E-state index in [1.165, 1.54) is 7.11 Å². The molecule has 1 aliphatic carbocycles. The van der Waals surface area contributed by atoms with Crippen LogP contribution >= 0.6 is 0 Å². The standard InChI is InChI=1S/C17H25N3O4/c1-17(2,3)24-16(22)19-8-5-9-20-12(10-19)13(11-6-7-11)14(18-20)15(21)23-4/h11H,5-10H2,1-4H3. The van der Waals surface area contributed by atoms with Gasteiger partial charge in [0.2, 0.25) is 0 Å². The highest BCUT2D eigenvalue weighted by molar-refractivity contribution is 5.89. The van der Waals surface area contributed by atoms with Crippen LogP contribution in [0.3, 0.4) is 0 Å².